The monoisotopic (exact) mass is 422 g/mol. The summed E-state index contributed by atoms with van der Waals surface area (Å²) in [5, 5.41) is 13.0. The first kappa shape index (κ1) is 21.8. The van der Waals surface area contributed by atoms with E-state index in [9.17, 15) is 19.6 Å². The van der Waals surface area contributed by atoms with Gasteiger partial charge in [-0.05, 0) is 24.1 Å². The number of halogens is 1. The molecule has 0 aliphatic carbocycles. The fourth-order valence-electron chi connectivity index (χ4n) is 2.74. The molecule has 1 N–H and O–H groups in total. The standard InChI is InChI=1S/C19H19ClN2O5S/c1-3-8-27-14(23)10-28-18-13(9-21)15(11-4-6-12(20)7-5-11)16(17(24)22-18)19(25)26-2/h4-7,15-16H,3,8,10H2,1-2H3,(H,22,24)/t15-,16-/m1/s1. The summed E-state index contributed by atoms with van der Waals surface area (Å²) < 4.78 is 9.78. The maximum absolute atomic E-state index is 12.6. The number of ether oxygens (including phenoxy) is 2. The molecule has 1 aliphatic rings. The fourth-order valence-corrected chi connectivity index (χ4v) is 3.71. The molecule has 0 saturated heterocycles. The Balaban J connectivity index is 2.41. The van der Waals surface area contributed by atoms with Crippen LogP contribution in [-0.2, 0) is 23.9 Å². The number of thioether (sulfide) groups is 1. The van der Waals surface area contributed by atoms with Gasteiger partial charge in [0, 0.05) is 10.9 Å². The molecule has 1 aromatic carbocycles. The Morgan fingerprint density at radius 2 is 2.00 bits per heavy atom. The predicted octanol–water partition coefficient (Wildman–Crippen LogP) is 2.76. The van der Waals surface area contributed by atoms with Gasteiger partial charge in [0.05, 0.1) is 36.1 Å². The molecule has 0 unspecified atom stereocenters. The molecule has 0 spiro atoms. The van der Waals surface area contributed by atoms with Gasteiger partial charge < -0.3 is 14.8 Å². The summed E-state index contributed by atoms with van der Waals surface area (Å²) in [7, 11) is 1.18. The van der Waals surface area contributed by atoms with Gasteiger partial charge in [-0.1, -0.05) is 42.4 Å². The summed E-state index contributed by atoms with van der Waals surface area (Å²) in [4.78, 5) is 36.7. The zero-order chi connectivity index (χ0) is 20.7. The molecule has 0 aromatic heterocycles. The Bertz CT molecular complexity index is 832. The van der Waals surface area contributed by atoms with Crippen LogP contribution in [0.25, 0.3) is 0 Å². The summed E-state index contributed by atoms with van der Waals surface area (Å²) in [6.07, 6.45) is 0.693. The molecule has 0 bridgehead atoms. The van der Waals surface area contributed by atoms with E-state index in [2.05, 4.69) is 11.4 Å². The highest BCUT2D eigenvalue weighted by Crippen LogP contribution is 2.40. The number of nitrogens with zero attached hydrogens (tertiary/aromatic N) is 1. The Kier molecular flexibility index (Phi) is 7.91. The molecule has 2 rings (SSSR count). The number of carbonyl (C=O) groups is 3. The van der Waals surface area contributed by atoms with Gasteiger partial charge in [-0.3, -0.25) is 14.4 Å². The number of rotatable bonds is 7. The maximum Gasteiger partial charge on any atom is 0.319 e. The van der Waals surface area contributed by atoms with Crippen molar-refractivity contribution in [1.29, 1.82) is 5.26 Å². The van der Waals surface area contributed by atoms with E-state index in [1.165, 1.54) is 7.11 Å². The van der Waals surface area contributed by atoms with Crippen LogP contribution in [0.1, 0.15) is 24.8 Å². The van der Waals surface area contributed by atoms with E-state index >= 15 is 0 Å². The van der Waals surface area contributed by atoms with Crippen LogP contribution >= 0.6 is 23.4 Å². The third-order valence-corrected chi connectivity index (χ3v) is 5.26. The number of hydrogen-bond acceptors (Lipinski definition) is 7. The number of carbonyl (C=O) groups excluding carboxylic acids is 3. The maximum atomic E-state index is 12.6. The van der Waals surface area contributed by atoms with Crippen molar-refractivity contribution in [1.82, 2.24) is 5.32 Å². The zero-order valence-corrected chi connectivity index (χ0v) is 16.9. The topological polar surface area (TPSA) is 105 Å². The van der Waals surface area contributed by atoms with Crippen LogP contribution in [0, 0.1) is 17.2 Å². The van der Waals surface area contributed by atoms with Crippen molar-refractivity contribution >= 4 is 41.2 Å². The summed E-state index contributed by atoms with van der Waals surface area (Å²) in [6, 6.07) is 8.59. The van der Waals surface area contributed by atoms with Gasteiger partial charge in [0.2, 0.25) is 5.91 Å². The van der Waals surface area contributed by atoms with Crippen molar-refractivity contribution in [3.8, 4) is 6.07 Å². The van der Waals surface area contributed by atoms with Crippen molar-refractivity contribution in [2.45, 2.75) is 19.3 Å². The molecule has 0 fully saturated rings. The van der Waals surface area contributed by atoms with E-state index in [0.29, 0.717) is 23.6 Å². The van der Waals surface area contributed by atoms with Crippen LogP contribution in [0.2, 0.25) is 5.02 Å². The zero-order valence-electron chi connectivity index (χ0n) is 15.4. The Labute approximate surface area is 172 Å². The highest BCUT2D eigenvalue weighted by molar-refractivity contribution is 8.03. The summed E-state index contributed by atoms with van der Waals surface area (Å²) >= 11 is 6.91. The third kappa shape index (κ3) is 5.06. The minimum atomic E-state index is -1.22. The second kappa shape index (κ2) is 10.2. The number of nitriles is 1. The minimum Gasteiger partial charge on any atom is -0.468 e. The van der Waals surface area contributed by atoms with E-state index in [0.717, 1.165) is 11.8 Å². The SMILES string of the molecule is CCCOC(=O)CSC1=C(C#N)[C@@H](c2ccc(Cl)cc2)[C@@H](C(=O)OC)C(=O)N1. The first-order chi connectivity index (χ1) is 13.4. The number of methoxy groups -OCH3 is 1. The average Bonchev–Trinajstić information content (AvgIpc) is 2.70. The van der Waals surface area contributed by atoms with Crippen molar-refractivity contribution in [3.05, 3.63) is 45.5 Å². The third-order valence-electron chi connectivity index (χ3n) is 4.01. The molecule has 7 nitrogen and oxygen atoms in total. The van der Waals surface area contributed by atoms with Gasteiger partial charge in [0.15, 0.2) is 0 Å². The molecule has 2 atom stereocenters. The summed E-state index contributed by atoms with van der Waals surface area (Å²) in [5.74, 6) is -3.96. The number of hydrogen-bond donors (Lipinski definition) is 1. The summed E-state index contributed by atoms with van der Waals surface area (Å²) in [6.45, 7) is 2.18. The largest absolute Gasteiger partial charge is 0.468 e. The normalized spacial score (nSPS) is 18.9. The molecule has 0 radical (unpaired) electrons. The van der Waals surface area contributed by atoms with Gasteiger partial charge >= 0.3 is 11.9 Å². The number of benzene rings is 1. The molecular formula is C19H19ClN2O5S. The van der Waals surface area contributed by atoms with E-state index in [1.807, 2.05) is 6.92 Å². The van der Waals surface area contributed by atoms with Gasteiger partial charge in [-0.25, -0.2) is 0 Å². The lowest BCUT2D eigenvalue weighted by Crippen LogP contribution is -2.44. The highest BCUT2D eigenvalue weighted by atomic mass is 35.5. The van der Waals surface area contributed by atoms with E-state index < -0.39 is 29.7 Å². The lowest BCUT2D eigenvalue weighted by Gasteiger charge is -2.30. The van der Waals surface area contributed by atoms with Crippen molar-refractivity contribution in [2.24, 2.45) is 5.92 Å². The molecule has 1 heterocycles. The quantitative estimate of drug-likeness (QED) is 0.532. The molecule has 148 valence electrons. The van der Waals surface area contributed by atoms with Crippen molar-refractivity contribution in [2.75, 3.05) is 19.5 Å². The number of allylic oxidation sites excluding steroid dienone is 1. The van der Waals surface area contributed by atoms with Gasteiger partial charge in [0.25, 0.3) is 0 Å². The van der Waals surface area contributed by atoms with Crippen LogP contribution in [0.5, 0.6) is 0 Å². The van der Waals surface area contributed by atoms with Crippen LogP contribution in [-0.4, -0.2) is 37.3 Å². The van der Waals surface area contributed by atoms with E-state index in [4.69, 9.17) is 21.1 Å². The number of amides is 1. The number of esters is 2. The first-order valence-corrected chi connectivity index (χ1v) is 9.86. The average molecular weight is 423 g/mol. The summed E-state index contributed by atoms with van der Waals surface area (Å²) in [5.41, 5.74) is 0.739. The second-order valence-electron chi connectivity index (χ2n) is 5.88. The minimum absolute atomic E-state index is 0.0724. The molecule has 1 aromatic rings. The van der Waals surface area contributed by atoms with Crippen molar-refractivity contribution in [3.63, 3.8) is 0 Å². The molecule has 9 heteroatoms. The molecular weight excluding hydrogens is 404 g/mol. The van der Waals surface area contributed by atoms with Gasteiger partial charge in [-0.2, -0.15) is 5.26 Å². The molecule has 28 heavy (non-hydrogen) atoms. The lowest BCUT2D eigenvalue weighted by atomic mass is 9.78. The van der Waals surface area contributed by atoms with Gasteiger partial charge in [0.1, 0.15) is 5.92 Å². The van der Waals surface area contributed by atoms with Crippen LogP contribution < -0.4 is 5.32 Å². The lowest BCUT2D eigenvalue weighted by molar-refractivity contribution is -0.150. The Hall–Kier alpha value is -2.50. The van der Waals surface area contributed by atoms with Crippen molar-refractivity contribution < 1.29 is 23.9 Å². The smallest absolute Gasteiger partial charge is 0.319 e. The fraction of sp³-hybridized carbons (Fsp3) is 0.368. The molecule has 1 aliphatic heterocycles. The highest BCUT2D eigenvalue weighted by Gasteiger charge is 2.44. The number of nitrogens with one attached hydrogen (secondary N) is 1. The van der Waals surface area contributed by atoms with Crippen LogP contribution in [0.15, 0.2) is 34.9 Å². The molecule has 1 amide bonds. The van der Waals surface area contributed by atoms with Crippen LogP contribution in [0.3, 0.4) is 0 Å². The van der Waals surface area contributed by atoms with E-state index in [1.54, 1.807) is 24.3 Å². The first-order valence-electron chi connectivity index (χ1n) is 8.49. The second-order valence-corrected chi connectivity index (χ2v) is 7.31. The van der Waals surface area contributed by atoms with Crippen LogP contribution in [0.4, 0.5) is 0 Å². The predicted molar refractivity (Wildman–Crippen MR) is 104 cm³/mol. The Morgan fingerprint density at radius 3 is 2.57 bits per heavy atom. The molecule has 0 saturated carbocycles. The Morgan fingerprint density at radius 1 is 1.32 bits per heavy atom. The van der Waals surface area contributed by atoms with Gasteiger partial charge in [-0.15, -0.1) is 0 Å². The van der Waals surface area contributed by atoms with E-state index in [-0.39, 0.29) is 16.4 Å².